The van der Waals surface area contributed by atoms with Crippen LogP contribution in [0.25, 0.3) is 0 Å². The second kappa shape index (κ2) is 6.12. The van der Waals surface area contributed by atoms with Crippen LogP contribution in [-0.2, 0) is 4.79 Å². The summed E-state index contributed by atoms with van der Waals surface area (Å²) in [4.78, 5) is 26.1. The van der Waals surface area contributed by atoms with E-state index in [9.17, 15) is 14.7 Å². The topological polar surface area (TPSA) is 76.1 Å². The molecule has 0 unspecified atom stereocenters. The normalized spacial score (nSPS) is 21.4. The average molecular weight is 339 g/mol. The quantitative estimate of drug-likeness (QED) is 0.929. The van der Waals surface area contributed by atoms with Gasteiger partial charge in [0.15, 0.2) is 11.5 Å². The number of carbonyl (C=O) groups excluding carboxylic acids is 1. The molecule has 1 saturated heterocycles. The Morgan fingerprint density at radius 1 is 1.00 bits per heavy atom. The van der Waals surface area contributed by atoms with Crippen molar-refractivity contribution in [1.82, 2.24) is 4.90 Å². The molecule has 2 aliphatic heterocycles. The number of carboxylic acid groups (broad SMARTS) is 1. The molecule has 0 aliphatic carbocycles. The molecule has 128 valence electrons. The number of aliphatic carboxylic acids is 1. The van der Waals surface area contributed by atoms with Crippen molar-refractivity contribution in [1.29, 1.82) is 0 Å². The lowest BCUT2D eigenvalue weighted by molar-refractivity contribution is -0.141. The zero-order valence-electron chi connectivity index (χ0n) is 13.4. The summed E-state index contributed by atoms with van der Waals surface area (Å²) in [5, 5.41) is 9.57. The van der Waals surface area contributed by atoms with Crippen molar-refractivity contribution in [3.05, 3.63) is 59.7 Å². The second-order valence-electron chi connectivity index (χ2n) is 6.24. The van der Waals surface area contributed by atoms with E-state index in [1.165, 1.54) is 0 Å². The third-order valence-corrected chi connectivity index (χ3v) is 4.77. The Kier molecular flexibility index (Phi) is 3.80. The van der Waals surface area contributed by atoms with E-state index < -0.39 is 11.9 Å². The fraction of sp³-hybridized carbons (Fsp3) is 0.263. The number of benzene rings is 2. The highest BCUT2D eigenvalue weighted by Crippen LogP contribution is 2.36. The maximum atomic E-state index is 12.8. The van der Waals surface area contributed by atoms with Crippen LogP contribution < -0.4 is 9.47 Å². The molecule has 0 radical (unpaired) electrons. The maximum absolute atomic E-state index is 12.8. The summed E-state index contributed by atoms with van der Waals surface area (Å²) in [6, 6.07) is 14.5. The Bertz CT molecular complexity index is 820. The first-order valence-electron chi connectivity index (χ1n) is 8.10. The summed E-state index contributed by atoms with van der Waals surface area (Å²) in [5.41, 5.74) is 1.41. The lowest BCUT2D eigenvalue weighted by Crippen LogP contribution is -2.29. The number of hydrogen-bond acceptors (Lipinski definition) is 4. The highest BCUT2D eigenvalue weighted by Gasteiger charge is 2.40. The van der Waals surface area contributed by atoms with Gasteiger partial charge in [0.05, 0.1) is 5.92 Å². The van der Waals surface area contributed by atoms with Gasteiger partial charge in [0, 0.05) is 24.6 Å². The number of likely N-dealkylation sites (tertiary alicyclic amines) is 1. The Balaban J connectivity index is 1.59. The molecule has 4 rings (SSSR count). The Morgan fingerprint density at radius 2 is 1.76 bits per heavy atom. The van der Waals surface area contributed by atoms with Gasteiger partial charge in [0.1, 0.15) is 0 Å². The lowest BCUT2D eigenvalue weighted by atomic mass is 9.89. The number of hydrogen-bond donors (Lipinski definition) is 1. The molecule has 0 spiro atoms. The first-order chi connectivity index (χ1) is 12.1. The first-order valence-corrected chi connectivity index (χ1v) is 8.10. The summed E-state index contributed by atoms with van der Waals surface area (Å²) in [6.07, 6.45) is 0. The van der Waals surface area contributed by atoms with Crippen molar-refractivity contribution in [3.63, 3.8) is 0 Å². The van der Waals surface area contributed by atoms with Crippen molar-refractivity contribution in [2.75, 3.05) is 19.9 Å². The van der Waals surface area contributed by atoms with Crippen LogP contribution in [0.4, 0.5) is 0 Å². The van der Waals surface area contributed by atoms with Gasteiger partial charge in [0.2, 0.25) is 6.79 Å². The molecule has 1 amide bonds. The van der Waals surface area contributed by atoms with Gasteiger partial charge in [-0.25, -0.2) is 0 Å². The van der Waals surface area contributed by atoms with E-state index in [1.54, 1.807) is 23.1 Å². The molecule has 1 fully saturated rings. The summed E-state index contributed by atoms with van der Waals surface area (Å²) in [5.74, 6) is -0.738. The Labute approximate surface area is 144 Å². The summed E-state index contributed by atoms with van der Waals surface area (Å²) in [6.45, 7) is 0.726. The molecule has 2 atom stereocenters. The molecule has 2 aromatic rings. The van der Waals surface area contributed by atoms with Crippen molar-refractivity contribution in [2.45, 2.75) is 5.92 Å². The van der Waals surface area contributed by atoms with E-state index in [1.807, 2.05) is 30.3 Å². The Morgan fingerprint density at radius 3 is 2.52 bits per heavy atom. The number of rotatable bonds is 3. The van der Waals surface area contributed by atoms with Crippen molar-refractivity contribution in [2.24, 2.45) is 5.92 Å². The molecular formula is C19H17NO5. The third kappa shape index (κ3) is 2.80. The number of carboxylic acids is 1. The summed E-state index contributed by atoms with van der Waals surface area (Å²) < 4.78 is 10.6. The van der Waals surface area contributed by atoms with Crippen LogP contribution in [-0.4, -0.2) is 41.8 Å². The molecule has 0 bridgehead atoms. The minimum atomic E-state index is -0.880. The highest BCUT2D eigenvalue weighted by molar-refractivity contribution is 5.95. The van der Waals surface area contributed by atoms with Gasteiger partial charge in [-0.2, -0.15) is 0 Å². The molecule has 2 heterocycles. The number of amides is 1. The number of carbonyl (C=O) groups is 2. The zero-order valence-corrected chi connectivity index (χ0v) is 13.4. The van der Waals surface area contributed by atoms with E-state index in [4.69, 9.17) is 9.47 Å². The molecule has 2 aromatic carbocycles. The monoisotopic (exact) mass is 339 g/mol. The summed E-state index contributed by atoms with van der Waals surface area (Å²) >= 11 is 0. The molecular weight excluding hydrogens is 322 g/mol. The molecule has 6 heteroatoms. The summed E-state index contributed by atoms with van der Waals surface area (Å²) in [7, 11) is 0. The van der Waals surface area contributed by atoms with Gasteiger partial charge in [0.25, 0.3) is 5.91 Å². The minimum Gasteiger partial charge on any atom is -0.481 e. The van der Waals surface area contributed by atoms with Crippen molar-refractivity contribution in [3.8, 4) is 11.5 Å². The Hall–Kier alpha value is -3.02. The molecule has 25 heavy (non-hydrogen) atoms. The van der Waals surface area contributed by atoms with Crippen LogP contribution in [0.15, 0.2) is 48.5 Å². The minimum absolute atomic E-state index is 0.147. The predicted molar refractivity (Wildman–Crippen MR) is 88.8 cm³/mol. The van der Waals surface area contributed by atoms with Crippen LogP contribution in [0.5, 0.6) is 11.5 Å². The smallest absolute Gasteiger partial charge is 0.308 e. The fourth-order valence-corrected chi connectivity index (χ4v) is 3.47. The van der Waals surface area contributed by atoms with Crippen LogP contribution in [0.2, 0.25) is 0 Å². The van der Waals surface area contributed by atoms with Crippen molar-refractivity contribution < 1.29 is 24.2 Å². The van der Waals surface area contributed by atoms with E-state index in [-0.39, 0.29) is 25.2 Å². The molecule has 0 saturated carbocycles. The van der Waals surface area contributed by atoms with Gasteiger partial charge in [-0.05, 0) is 23.8 Å². The third-order valence-electron chi connectivity index (χ3n) is 4.77. The largest absolute Gasteiger partial charge is 0.481 e. The van der Waals surface area contributed by atoms with Crippen LogP contribution >= 0.6 is 0 Å². The van der Waals surface area contributed by atoms with Crippen molar-refractivity contribution >= 4 is 11.9 Å². The maximum Gasteiger partial charge on any atom is 0.308 e. The van der Waals surface area contributed by atoms with Crippen LogP contribution in [0.1, 0.15) is 21.8 Å². The first kappa shape index (κ1) is 15.5. The average Bonchev–Trinajstić information content (AvgIpc) is 3.28. The zero-order chi connectivity index (χ0) is 17.4. The van der Waals surface area contributed by atoms with E-state index in [2.05, 4.69) is 0 Å². The molecule has 0 aromatic heterocycles. The number of nitrogens with zero attached hydrogens (tertiary/aromatic N) is 1. The molecule has 6 nitrogen and oxygen atoms in total. The molecule has 2 aliphatic rings. The van der Waals surface area contributed by atoms with Crippen LogP contribution in [0, 0.1) is 5.92 Å². The molecule has 1 N–H and O–H groups in total. The van der Waals surface area contributed by atoms with Gasteiger partial charge in [-0.15, -0.1) is 0 Å². The SMILES string of the molecule is O=C(O)[C@@H]1CN(C(=O)c2ccc3c(c2)OCO3)C[C@@H]1c1ccccc1. The van der Waals surface area contributed by atoms with Gasteiger partial charge >= 0.3 is 5.97 Å². The van der Waals surface area contributed by atoms with Crippen LogP contribution in [0.3, 0.4) is 0 Å². The predicted octanol–water partition coefficient (Wildman–Crippen LogP) is 2.36. The van der Waals surface area contributed by atoms with Gasteiger partial charge in [-0.3, -0.25) is 9.59 Å². The lowest BCUT2D eigenvalue weighted by Gasteiger charge is -2.17. The van der Waals surface area contributed by atoms with Gasteiger partial charge in [-0.1, -0.05) is 30.3 Å². The number of ether oxygens (including phenoxy) is 2. The fourth-order valence-electron chi connectivity index (χ4n) is 3.47. The van der Waals surface area contributed by atoms with Gasteiger partial charge < -0.3 is 19.5 Å². The second-order valence-corrected chi connectivity index (χ2v) is 6.24. The highest BCUT2D eigenvalue weighted by atomic mass is 16.7. The van der Waals surface area contributed by atoms with E-state index >= 15 is 0 Å². The number of fused-ring (bicyclic) bond motifs is 1. The van der Waals surface area contributed by atoms with E-state index in [0.29, 0.717) is 23.6 Å². The van der Waals surface area contributed by atoms with E-state index in [0.717, 1.165) is 5.56 Å². The standard InChI is InChI=1S/C19H17NO5/c21-18(13-6-7-16-17(8-13)25-11-24-16)20-9-14(15(10-20)19(22)23)12-4-2-1-3-5-12/h1-8,14-15H,9-11H2,(H,22,23)/t14-,15-/m1/s1.